The van der Waals surface area contributed by atoms with E-state index in [0.29, 0.717) is 28.3 Å². The van der Waals surface area contributed by atoms with Crippen molar-refractivity contribution in [3.8, 4) is 11.5 Å². The van der Waals surface area contributed by atoms with Gasteiger partial charge in [-0.1, -0.05) is 18.2 Å². The highest BCUT2D eigenvalue weighted by molar-refractivity contribution is 7.92. The number of methoxy groups -OCH3 is 2. The second-order valence-electron chi connectivity index (χ2n) is 8.04. The summed E-state index contributed by atoms with van der Waals surface area (Å²) in [5.74, 6) is 0.828. The number of sulfonamides is 1. The van der Waals surface area contributed by atoms with Crippen molar-refractivity contribution in [3.63, 3.8) is 0 Å². The van der Waals surface area contributed by atoms with E-state index in [1.165, 1.54) is 16.8 Å². The van der Waals surface area contributed by atoms with E-state index in [1.807, 2.05) is 26.0 Å². The molecular formula is C26H29N3O5S. The van der Waals surface area contributed by atoms with Crippen LogP contribution in [0.5, 0.6) is 11.5 Å². The van der Waals surface area contributed by atoms with Crippen LogP contribution < -0.4 is 19.2 Å². The fraction of sp³-hybridized carbons (Fsp3) is 0.231. The van der Waals surface area contributed by atoms with Gasteiger partial charge in [-0.15, -0.1) is 0 Å². The van der Waals surface area contributed by atoms with Gasteiger partial charge in [-0.2, -0.15) is 5.10 Å². The Kier molecular flexibility index (Phi) is 8.14. The van der Waals surface area contributed by atoms with Crippen LogP contribution in [0.3, 0.4) is 0 Å². The van der Waals surface area contributed by atoms with E-state index in [4.69, 9.17) is 9.47 Å². The molecule has 184 valence electrons. The number of carbonyl (C=O) groups is 1. The molecule has 0 unspecified atom stereocenters. The number of aryl methyl sites for hydroxylation is 2. The third kappa shape index (κ3) is 6.60. The molecule has 0 spiro atoms. The Morgan fingerprint density at radius 1 is 0.971 bits per heavy atom. The fourth-order valence-electron chi connectivity index (χ4n) is 3.37. The van der Waals surface area contributed by atoms with Gasteiger partial charge in [-0.3, -0.25) is 9.10 Å². The van der Waals surface area contributed by atoms with Gasteiger partial charge >= 0.3 is 0 Å². The maximum atomic E-state index is 12.5. The van der Waals surface area contributed by atoms with Gasteiger partial charge in [0.1, 0.15) is 11.5 Å². The van der Waals surface area contributed by atoms with Crippen molar-refractivity contribution in [2.45, 2.75) is 20.4 Å². The summed E-state index contributed by atoms with van der Waals surface area (Å²) >= 11 is 0. The number of nitrogens with zero attached hydrogens (tertiary/aromatic N) is 2. The van der Waals surface area contributed by atoms with Crippen molar-refractivity contribution in [2.24, 2.45) is 5.10 Å². The van der Waals surface area contributed by atoms with Crippen molar-refractivity contribution in [3.05, 3.63) is 88.5 Å². The Morgan fingerprint density at radius 2 is 1.69 bits per heavy atom. The van der Waals surface area contributed by atoms with Crippen molar-refractivity contribution in [2.75, 3.05) is 24.8 Å². The first-order chi connectivity index (χ1) is 16.6. The van der Waals surface area contributed by atoms with Gasteiger partial charge in [0, 0.05) is 11.1 Å². The molecule has 0 saturated heterocycles. The zero-order valence-electron chi connectivity index (χ0n) is 20.4. The Hall–Kier alpha value is -3.85. The summed E-state index contributed by atoms with van der Waals surface area (Å²) < 4.78 is 36.8. The molecule has 0 heterocycles. The quantitative estimate of drug-likeness (QED) is 0.357. The lowest BCUT2D eigenvalue weighted by atomic mass is 10.1. The third-order valence-electron chi connectivity index (χ3n) is 5.53. The molecule has 0 aliphatic rings. The van der Waals surface area contributed by atoms with E-state index in [-0.39, 0.29) is 6.54 Å². The van der Waals surface area contributed by atoms with Gasteiger partial charge in [-0.25, -0.2) is 13.8 Å². The molecule has 0 aliphatic carbocycles. The van der Waals surface area contributed by atoms with Crippen LogP contribution in [0.25, 0.3) is 0 Å². The van der Waals surface area contributed by atoms with E-state index < -0.39 is 15.9 Å². The Bertz CT molecular complexity index is 1340. The SMILES string of the molecule is COc1ccc(OC)c(/C=N/NC(=O)c2ccc(CN(c3ccc(C)c(C)c3)S(C)(=O)=O)cc2)c1. The van der Waals surface area contributed by atoms with Crippen LogP contribution in [0.2, 0.25) is 0 Å². The van der Waals surface area contributed by atoms with Gasteiger partial charge in [-0.05, 0) is 73.0 Å². The molecule has 8 nitrogen and oxygen atoms in total. The molecule has 0 radical (unpaired) electrons. The first-order valence-corrected chi connectivity index (χ1v) is 12.7. The van der Waals surface area contributed by atoms with Crippen molar-refractivity contribution >= 4 is 27.8 Å². The molecule has 3 aromatic carbocycles. The number of hydrazone groups is 1. The monoisotopic (exact) mass is 495 g/mol. The van der Waals surface area contributed by atoms with E-state index in [9.17, 15) is 13.2 Å². The van der Waals surface area contributed by atoms with Crippen LogP contribution in [-0.2, 0) is 16.6 Å². The van der Waals surface area contributed by atoms with E-state index in [1.54, 1.807) is 62.8 Å². The van der Waals surface area contributed by atoms with Gasteiger partial charge in [0.05, 0.1) is 38.9 Å². The summed E-state index contributed by atoms with van der Waals surface area (Å²) in [6, 6.07) is 17.5. The average molecular weight is 496 g/mol. The summed E-state index contributed by atoms with van der Waals surface area (Å²) in [5.41, 5.74) is 6.96. The molecular weight excluding hydrogens is 466 g/mol. The number of ether oxygens (including phenoxy) is 2. The van der Waals surface area contributed by atoms with E-state index >= 15 is 0 Å². The van der Waals surface area contributed by atoms with Crippen LogP contribution in [0, 0.1) is 13.8 Å². The van der Waals surface area contributed by atoms with Gasteiger partial charge < -0.3 is 9.47 Å². The smallest absolute Gasteiger partial charge is 0.271 e. The maximum absolute atomic E-state index is 12.5. The molecule has 0 fully saturated rings. The van der Waals surface area contributed by atoms with Crippen molar-refractivity contribution in [1.29, 1.82) is 0 Å². The minimum atomic E-state index is -3.51. The molecule has 0 aromatic heterocycles. The molecule has 0 bridgehead atoms. The largest absolute Gasteiger partial charge is 0.497 e. The summed E-state index contributed by atoms with van der Waals surface area (Å²) in [6.07, 6.45) is 2.65. The summed E-state index contributed by atoms with van der Waals surface area (Å²) in [6.45, 7) is 4.07. The Morgan fingerprint density at radius 3 is 2.29 bits per heavy atom. The lowest BCUT2D eigenvalue weighted by molar-refractivity contribution is 0.0955. The number of hydrogen-bond donors (Lipinski definition) is 1. The van der Waals surface area contributed by atoms with Crippen LogP contribution in [0.4, 0.5) is 5.69 Å². The van der Waals surface area contributed by atoms with Gasteiger partial charge in [0.25, 0.3) is 5.91 Å². The minimum absolute atomic E-state index is 0.150. The Balaban J connectivity index is 1.71. The number of benzene rings is 3. The summed E-state index contributed by atoms with van der Waals surface area (Å²) in [5, 5.41) is 4.01. The third-order valence-corrected chi connectivity index (χ3v) is 6.67. The zero-order valence-corrected chi connectivity index (χ0v) is 21.2. The fourth-order valence-corrected chi connectivity index (χ4v) is 4.25. The molecule has 1 N–H and O–H groups in total. The first-order valence-electron chi connectivity index (χ1n) is 10.8. The summed E-state index contributed by atoms with van der Waals surface area (Å²) in [7, 11) is -0.399. The van der Waals surface area contributed by atoms with E-state index in [0.717, 1.165) is 16.7 Å². The van der Waals surface area contributed by atoms with Crippen LogP contribution in [0.15, 0.2) is 65.8 Å². The van der Waals surface area contributed by atoms with Gasteiger partial charge in [0.15, 0.2) is 0 Å². The zero-order chi connectivity index (χ0) is 25.6. The maximum Gasteiger partial charge on any atom is 0.271 e. The molecule has 3 aromatic rings. The lowest BCUT2D eigenvalue weighted by Crippen LogP contribution is -2.29. The van der Waals surface area contributed by atoms with Crippen LogP contribution in [-0.4, -0.2) is 41.0 Å². The summed E-state index contributed by atoms with van der Waals surface area (Å²) in [4.78, 5) is 12.5. The highest BCUT2D eigenvalue weighted by atomic mass is 32.2. The van der Waals surface area contributed by atoms with Crippen LogP contribution in [0.1, 0.15) is 32.6 Å². The second-order valence-corrected chi connectivity index (χ2v) is 9.95. The first kappa shape index (κ1) is 25.8. The molecule has 0 aliphatic heterocycles. The van der Waals surface area contributed by atoms with Crippen LogP contribution >= 0.6 is 0 Å². The molecule has 0 atom stereocenters. The van der Waals surface area contributed by atoms with Crippen molar-refractivity contribution < 1.29 is 22.7 Å². The number of hydrogen-bond acceptors (Lipinski definition) is 6. The standard InChI is InChI=1S/C26H29N3O5S/c1-18-6-11-23(14-19(18)2)29(35(5,31)32)17-20-7-9-21(10-8-20)26(30)28-27-16-22-15-24(33-3)12-13-25(22)34-4/h6-16H,17H2,1-5H3,(H,28,30)/b27-16+. The van der Waals surface area contributed by atoms with E-state index in [2.05, 4.69) is 10.5 Å². The number of anilines is 1. The highest BCUT2D eigenvalue weighted by Gasteiger charge is 2.18. The predicted molar refractivity (Wildman–Crippen MR) is 138 cm³/mol. The highest BCUT2D eigenvalue weighted by Crippen LogP contribution is 2.24. The van der Waals surface area contributed by atoms with Crippen molar-refractivity contribution in [1.82, 2.24) is 5.43 Å². The number of amides is 1. The Labute approximate surface area is 206 Å². The minimum Gasteiger partial charge on any atom is -0.497 e. The number of rotatable bonds is 9. The second kappa shape index (κ2) is 11.1. The van der Waals surface area contributed by atoms with Gasteiger partial charge in [0.2, 0.25) is 10.0 Å². The molecule has 0 saturated carbocycles. The number of nitrogens with one attached hydrogen (secondary N) is 1. The topological polar surface area (TPSA) is 97.3 Å². The lowest BCUT2D eigenvalue weighted by Gasteiger charge is -2.23. The predicted octanol–water partition coefficient (Wildman–Crippen LogP) is 4.05. The molecule has 9 heteroatoms. The number of carbonyl (C=O) groups excluding carboxylic acids is 1. The molecule has 35 heavy (non-hydrogen) atoms. The molecule has 1 amide bonds. The molecule has 3 rings (SSSR count). The normalized spacial score (nSPS) is 11.3. The average Bonchev–Trinajstić information content (AvgIpc) is 2.83.